The van der Waals surface area contributed by atoms with Crippen LogP contribution in [0.3, 0.4) is 0 Å². The molecule has 0 spiro atoms. The highest BCUT2D eigenvalue weighted by Gasteiger charge is 2.22. The van der Waals surface area contributed by atoms with Crippen LogP contribution in [0, 0.1) is 0 Å². The van der Waals surface area contributed by atoms with Crippen molar-refractivity contribution < 1.29 is 0 Å². The Morgan fingerprint density at radius 2 is 0.920 bits per heavy atom. The highest BCUT2D eigenvalue weighted by atomic mass is 15.2. The van der Waals surface area contributed by atoms with Crippen molar-refractivity contribution in [1.82, 2.24) is 14.5 Å². The molecule has 0 heterocycles. The lowest BCUT2D eigenvalue weighted by Gasteiger charge is -2.18. The average Bonchev–Trinajstić information content (AvgIpc) is 2.69. The zero-order valence-corrected chi connectivity index (χ0v) is 15.9. The van der Waals surface area contributed by atoms with Crippen LogP contribution in [0.15, 0.2) is 60.7 Å². The van der Waals surface area contributed by atoms with Crippen LogP contribution in [-0.4, -0.2) is 47.7 Å². The van der Waals surface area contributed by atoms with Crippen molar-refractivity contribution in [3.05, 3.63) is 71.8 Å². The summed E-state index contributed by atoms with van der Waals surface area (Å²) in [5, 5.41) is 0. The monoisotopic (exact) mass is 336 g/mol. The molecule has 0 saturated carbocycles. The molecule has 3 nitrogen and oxygen atoms in total. The third-order valence-electron chi connectivity index (χ3n) is 4.40. The Labute approximate surface area is 152 Å². The molecule has 0 atom stereocenters. The number of amidine groups is 2. The summed E-state index contributed by atoms with van der Waals surface area (Å²) >= 11 is 0. The van der Waals surface area contributed by atoms with E-state index in [4.69, 9.17) is 4.67 Å². The van der Waals surface area contributed by atoms with Gasteiger partial charge in [0.15, 0.2) is 0 Å². The van der Waals surface area contributed by atoms with Gasteiger partial charge >= 0.3 is 11.7 Å². The largest absolute Gasteiger partial charge is 0.319 e. The predicted octanol–water partition coefficient (Wildman–Crippen LogP) is 3.63. The van der Waals surface area contributed by atoms with Crippen molar-refractivity contribution in [1.29, 1.82) is 0 Å². The summed E-state index contributed by atoms with van der Waals surface area (Å²) in [6.07, 6.45) is 0. The van der Waals surface area contributed by atoms with E-state index >= 15 is 0 Å². The van der Waals surface area contributed by atoms with E-state index in [0.29, 0.717) is 0 Å². The van der Waals surface area contributed by atoms with Crippen LogP contribution < -0.4 is 4.67 Å². The molecule has 0 aromatic heterocycles. The van der Waals surface area contributed by atoms with E-state index in [0.717, 1.165) is 49.0 Å². The Balaban J connectivity index is 2.74. The Morgan fingerprint density at radius 3 is 1.20 bits per heavy atom. The van der Waals surface area contributed by atoms with E-state index < -0.39 is 0 Å². The molecule has 0 aliphatic carbocycles. The molecule has 0 amide bonds. The fraction of sp³-hybridized carbons (Fsp3) is 0.364. The molecule has 0 radical (unpaired) electrons. The minimum Gasteiger partial charge on any atom is -0.280 e. The molecule has 25 heavy (non-hydrogen) atoms. The van der Waals surface area contributed by atoms with Gasteiger partial charge in [0.1, 0.15) is 0 Å². The Kier molecular flexibility index (Phi) is 7.31. The molecule has 0 aliphatic rings. The summed E-state index contributed by atoms with van der Waals surface area (Å²) in [5.41, 5.74) is 2.32. The SMILES string of the molecule is CCN(CC)C(=[N+]=C(c1ccccc1)N(CC)CC)c1ccccc1. The van der Waals surface area contributed by atoms with E-state index in [2.05, 4.69) is 98.2 Å². The van der Waals surface area contributed by atoms with Crippen molar-refractivity contribution in [3.63, 3.8) is 0 Å². The third-order valence-corrected chi connectivity index (χ3v) is 4.40. The summed E-state index contributed by atoms with van der Waals surface area (Å²) in [5.74, 6) is 2.08. The molecule has 0 N–H and O–H groups in total. The second-order valence-electron chi connectivity index (χ2n) is 5.84. The molecule has 2 rings (SSSR count). The maximum Gasteiger partial charge on any atom is 0.319 e. The minimum absolute atomic E-state index is 0.935. The molecule has 0 fully saturated rings. The van der Waals surface area contributed by atoms with Crippen LogP contribution in [-0.2, 0) is 0 Å². The van der Waals surface area contributed by atoms with E-state index in [1.807, 2.05) is 0 Å². The Hall–Kier alpha value is -2.51. The molecule has 3 heteroatoms. The van der Waals surface area contributed by atoms with Gasteiger partial charge in [-0.1, -0.05) is 36.4 Å². The standard InChI is InChI=1S/C22H30N3/c1-5-24(6-2)21(19-15-11-9-12-16-19)23-22(25(7-3)8-4)20-17-13-10-14-18-20/h9-18H,5-8H2,1-4H3/q+1. The first-order valence-electron chi connectivity index (χ1n) is 9.31. The molecule has 2 aromatic rings. The number of hydrogen-bond donors (Lipinski definition) is 0. The van der Waals surface area contributed by atoms with Gasteiger partial charge < -0.3 is 0 Å². The van der Waals surface area contributed by atoms with Gasteiger partial charge in [0.2, 0.25) is 0 Å². The summed E-state index contributed by atoms with van der Waals surface area (Å²) < 4.78 is 5.19. The van der Waals surface area contributed by atoms with Crippen LogP contribution in [0.25, 0.3) is 0 Å². The van der Waals surface area contributed by atoms with E-state index in [9.17, 15) is 0 Å². The first-order valence-corrected chi connectivity index (χ1v) is 9.31. The van der Waals surface area contributed by atoms with Crippen LogP contribution >= 0.6 is 0 Å². The lowest BCUT2D eigenvalue weighted by Crippen LogP contribution is -2.38. The maximum atomic E-state index is 5.19. The minimum atomic E-state index is 0.935. The maximum absolute atomic E-state index is 5.19. The Bertz CT molecular complexity index is 633. The summed E-state index contributed by atoms with van der Waals surface area (Å²) in [7, 11) is 0. The van der Waals surface area contributed by atoms with Crippen LogP contribution in [0.1, 0.15) is 38.8 Å². The first-order chi connectivity index (χ1) is 12.2. The second kappa shape index (κ2) is 9.71. The zero-order chi connectivity index (χ0) is 18.1. The van der Waals surface area contributed by atoms with Crippen molar-refractivity contribution in [3.8, 4) is 0 Å². The highest BCUT2D eigenvalue weighted by molar-refractivity contribution is 6.06. The topological polar surface area (TPSA) is 20.6 Å². The fourth-order valence-corrected chi connectivity index (χ4v) is 2.96. The van der Waals surface area contributed by atoms with Gasteiger partial charge in [-0.15, -0.1) is 0 Å². The van der Waals surface area contributed by atoms with E-state index in [1.54, 1.807) is 0 Å². The highest BCUT2D eigenvalue weighted by Crippen LogP contribution is 2.07. The van der Waals surface area contributed by atoms with Crippen molar-refractivity contribution >= 4 is 11.7 Å². The van der Waals surface area contributed by atoms with Gasteiger partial charge in [-0.2, -0.15) is 0 Å². The number of rotatable bonds is 6. The summed E-state index contributed by atoms with van der Waals surface area (Å²) in [6, 6.07) is 21.0. The normalized spacial score (nSPS) is 10.1. The molecule has 0 unspecified atom stereocenters. The smallest absolute Gasteiger partial charge is 0.280 e. The van der Waals surface area contributed by atoms with Gasteiger partial charge in [0, 0.05) is 0 Å². The van der Waals surface area contributed by atoms with Crippen LogP contribution in [0.5, 0.6) is 0 Å². The zero-order valence-electron chi connectivity index (χ0n) is 15.9. The van der Waals surface area contributed by atoms with Crippen molar-refractivity contribution in [2.45, 2.75) is 27.7 Å². The van der Waals surface area contributed by atoms with Gasteiger partial charge in [0.05, 0.1) is 37.3 Å². The predicted molar refractivity (Wildman–Crippen MR) is 109 cm³/mol. The molecule has 0 aliphatic heterocycles. The van der Waals surface area contributed by atoms with E-state index in [1.165, 1.54) is 0 Å². The molecule has 0 bridgehead atoms. The van der Waals surface area contributed by atoms with Gasteiger partial charge in [-0.05, 0) is 52.0 Å². The lowest BCUT2D eigenvalue weighted by atomic mass is 10.1. The molecular formula is C22H30N3+. The van der Waals surface area contributed by atoms with Crippen LogP contribution in [0.2, 0.25) is 0 Å². The molecular weight excluding hydrogens is 306 g/mol. The van der Waals surface area contributed by atoms with Gasteiger partial charge in [0.25, 0.3) is 0 Å². The quantitative estimate of drug-likeness (QED) is 0.456. The van der Waals surface area contributed by atoms with Gasteiger partial charge in [-0.25, -0.2) is 4.67 Å². The summed E-state index contributed by atoms with van der Waals surface area (Å²) in [6.45, 7) is 12.5. The van der Waals surface area contributed by atoms with Crippen molar-refractivity contribution in [2.24, 2.45) is 0 Å². The number of benzene rings is 2. The third kappa shape index (κ3) is 4.74. The van der Waals surface area contributed by atoms with E-state index in [-0.39, 0.29) is 0 Å². The lowest BCUT2D eigenvalue weighted by molar-refractivity contribution is 0.455. The summed E-state index contributed by atoms with van der Waals surface area (Å²) in [4.78, 5) is 4.64. The average molecular weight is 337 g/mol. The molecule has 132 valence electrons. The Morgan fingerprint density at radius 1 is 0.600 bits per heavy atom. The second-order valence-corrected chi connectivity index (χ2v) is 5.84. The fourth-order valence-electron chi connectivity index (χ4n) is 2.96. The van der Waals surface area contributed by atoms with Crippen LogP contribution in [0.4, 0.5) is 0 Å². The molecule has 0 saturated heterocycles. The number of hydrogen-bond acceptors (Lipinski definition) is 0. The molecule has 2 aromatic carbocycles. The number of nitrogens with zero attached hydrogens (tertiary/aromatic N) is 3. The van der Waals surface area contributed by atoms with Gasteiger partial charge in [-0.3, -0.25) is 9.80 Å². The first kappa shape index (κ1) is 18.8. The van der Waals surface area contributed by atoms with Crippen molar-refractivity contribution in [2.75, 3.05) is 26.2 Å².